The van der Waals surface area contributed by atoms with Crippen LogP contribution in [0, 0.1) is 10.1 Å². The summed E-state index contributed by atoms with van der Waals surface area (Å²) in [5.74, 6) is 1.19. The Hall–Kier alpha value is -5.09. The number of furan rings is 1. The molecule has 4 aromatic carbocycles. The van der Waals surface area contributed by atoms with Gasteiger partial charge in [-0.1, -0.05) is 40.2 Å². The lowest BCUT2D eigenvalue weighted by Crippen LogP contribution is -2.20. The maximum Gasteiger partial charge on any atom is 0.282 e. The third-order valence-corrected chi connectivity index (χ3v) is 6.72. The molecular weight excluding hydrogens is 576 g/mol. The van der Waals surface area contributed by atoms with Gasteiger partial charge in [0.2, 0.25) is 5.82 Å². The van der Waals surface area contributed by atoms with E-state index in [0.29, 0.717) is 33.6 Å². The van der Waals surface area contributed by atoms with Gasteiger partial charge in [-0.2, -0.15) is 9.78 Å². The van der Waals surface area contributed by atoms with Gasteiger partial charge in [0.25, 0.3) is 11.2 Å². The van der Waals surface area contributed by atoms with Crippen molar-refractivity contribution in [3.63, 3.8) is 0 Å². The van der Waals surface area contributed by atoms with Gasteiger partial charge in [-0.15, -0.1) is 0 Å². The van der Waals surface area contributed by atoms with Gasteiger partial charge in [0.05, 0.1) is 22.0 Å². The van der Waals surface area contributed by atoms with E-state index in [1.165, 1.54) is 23.0 Å². The van der Waals surface area contributed by atoms with Gasteiger partial charge in [-0.05, 0) is 66.2 Å². The molecule has 0 saturated carbocycles. The van der Waals surface area contributed by atoms with Crippen molar-refractivity contribution in [2.24, 2.45) is 5.10 Å². The Morgan fingerprint density at radius 1 is 1.00 bits per heavy atom. The van der Waals surface area contributed by atoms with Crippen molar-refractivity contribution in [3.8, 4) is 17.3 Å². The van der Waals surface area contributed by atoms with Crippen molar-refractivity contribution >= 4 is 49.7 Å². The van der Waals surface area contributed by atoms with Crippen molar-refractivity contribution in [1.82, 2.24) is 9.66 Å². The molecule has 2 heterocycles. The summed E-state index contributed by atoms with van der Waals surface area (Å²) in [7, 11) is 0. The summed E-state index contributed by atoms with van der Waals surface area (Å²) >= 11 is 3.48. The van der Waals surface area contributed by atoms with E-state index >= 15 is 0 Å². The quantitative estimate of drug-likeness (QED) is 0.112. The molecule has 6 aromatic rings. The molecule has 0 aliphatic rings. The van der Waals surface area contributed by atoms with Gasteiger partial charge >= 0.3 is 0 Å². The van der Waals surface area contributed by atoms with Crippen LogP contribution in [-0.4, -0.2) is 20.8 Å². The number of hydrogen-bond acceptors (Lipinski definition) is 7. The third-order valence-electron chi connectivity index (χ3n) is 6.23. The van der Waals surface area contributed by atoms with Crippen molar-refractivity contribution in [1.29, 1.82) is 0 Å². The first-order valence-electron chi connectivity index (χ1n) is 12.2. The van der Waals surface area contributed by atoms with Gasteiger partial charge in [-0.25, -0.2) is 4.98 Å². The van der Waals surface area contributed by atoms with Crippen molar-refractivity contribution < 1.29 is 14.1 Å². The lowest BCUT2D eigenvalue weighted by molar-refractivity contribution is -0.384. The number of nitro groups is 1. The highest BCUT2D eigenvalue weighted by molar-refractivity contribution is 9.10. The number of nitrogens with zero attached hydrogens (tertiary/aromatic N) is 4. The van der Waals surface area contributed by atoms with Gasteiger partial charge in [0.15, 0.2) is 5.76 Å². The van der Waals surface area contributed by atoms with Crippen LogP contribution in [0.25, 0.3) is 33.5 Å². The summed E-state index contributed by atoms with van der Waals surface area (Å²) < 4.78 is 14.2. The summed E-state index contributed by atoms with van der Waals surface area (Å²) in [6.07, 6.45) is 1.53. The van der Waals surface area contributed by atoms with Crippen LogP contribution >= 0.6 is 15.9 Å². The molecule has 0 unspecified atom stereocenters. The maximum absolute atomic E-state index is 13.6. The molecule has 6 rings (SSSR count). The van der Waals surface area contributed by atoms with E-state index < -0.39 is 4.92 Å². The van der Waals surface area contributed by atoms with E-state index in [-0.39, 0.29) is 23.7 Å². The molecule has 2 aromatic heterocycles. The second-order valence-electron chi connectivity index (χ2n) is 8.86. The summed E-state index contributed by atoms with van der Waals surface area (Å²) in [6.45, 7) is 0.195. The molecule has 0 N–H and O–H groups in total. The van der Waals surface area contributed by atoms with Gasteiger partial charge in [-0.3, -0.25) is 14.9 Å². The van der Waals surface area contributed by atoms with Crippen LogP contribution < -0.4 is 10.3 Å². The fraction of sp³-hybridized carbons (Fsp3) is 0.0333. The van der Waals surface area contributed by atoms with E-state index in [1.54, 1.807) is 36.4 Å². The Labute approximate surface area is 235 Å². The number of hydrogen-bond donors (Lipinski definition) is 0. The van der Waals surface area contributed by atoms with E-state index in [0.717, 1.165) is 15.4 Å². The maximum atomic E-state index is 13.6. The largest absolute Gasteiger partial charge is 0.488 e. The number of halogens is 1. The molecule has 0 atom stereocenters. The number of ether oxygens (including phenoxy) is 1. The summed E-state index contributed by atoms with van der Waals surface area (Å²) in [4.78, 5) is 28.8. The molecular formula is C30H19BrN4O5. The smallest absolute Gasteiger partial charge is 0.282 e. The summed E-state index contributed by atoms with van der Waals surface area (Å²) in [5, 5.41) is 16.7. The Morgan fingerprint density at radius 3 is 2.60 bits per heavy atom. The number of para-hydroxylation sites is 2. The summed E-state index contributed by atoms with van der Waals surface area (Å²) in [6, 6.07) is 28.0. The van der Waals surface area contributed by atoms with Crippen molar-refractivity contribution in [2.75, 3.05) is 0 Å². The van der Waals surface area contributed by atoms with E-state index in [1.807, 2.05) is 48.5 Å². The van der Waals surface area contributed by atoms with Crippen molar-refractivity contribution in [3.05, 3.63) is 133 Å². The van der Waals surface area contributed by atoms with E-state index in [4.69, 9.17) is 14.1 Å². The van der Waals surface area contributed by atoms with Gasteiger partial charge < -0.3 is 9.15 Å². The Kier molecular flexibility index (Phi) is 6.67. The minimum absolute atomic E-state index is 0.0126. The topological polar surface area (TPSA) is 113 Å². The minimum Gasteiger partial charge on any atom is -0.488 e. The number of benzene rings is 4. The lowest BCUT2D eigenvalue weighted by Gasteiger charge is -2.10. The van der Waals surface area contributed by atoms with Crippen LogP contribution in [0.3, 0.4) is 0 Å². The van der Waals surface area contributed by atoms with E-state index in [2.05, 4.69) is 21.0 Å². The molecule has 0 spiro atoms. The van der Waals surface area contributed by atoms with Crippen LogP contribution in [-0.2, 0) is 6.61 Å². The second-order valence-corrected chi connectivity index (χ2v) is 9.77. The molecule has 0 aliphatic heterocycles. The minimum atomic E-state index is -0.446. The van der Waals surface area contributed by atoms with Crippen LogP contribution in [0.5, 0.6) is 5.75 Å². The zero-order chi connectivity index (χ0) is 27.6. The average Bonchev–Trinajstić information content (AvgIpc) is 3.39. The van der Waals surface area contributed by atoms with Gasteiger partial charge in [0.1, 0.15) is 17.9 Å². The molecule has 0 radical (unpaired) electrons. The highest BCUT2D eigenvalue weighted by atomic mass is 79.9. The lowest BCUT2D eigenvalue weighted by atomic mass is 10.2. The summed E-state index contributed by atoms with van der Waals surface area (Å²) in [5.41, 5.74) is 2.25. The molecule has 0 saturated heterocycles. The SMILES string of the molecule is O=c1c2ccccc2nc(-c2cc3cc(Br)ccc3o2)n1N=Cc1ccccc1OCc1ccc([N+](=O)[O-])cc1. The third kappa shape index (κ3) is 4.99. The molecule has 196 valence electrons. The molecule has 0 amide bonds. The predicted octanol–water partition coefficient (Wildman–Crippen LogP) is 6.94. The predicted molar refractivity (Wildman–Crippen MR) is 156 cm³/mol. The highest BCUT2D eigenvalue weighted by Crippen LogP contribution is 2.29. The highest BCUT2D eigenvalue weighted by Gasteiger charge is 2.17. The molecule has 9 nitrogen and oxygen atoms in total. The number of nitro benzene ring substituents is 1. The Bertz CT molecular complexity index is 1980. The number of non-ortho nitro benzene ring substituents is 1. The fourth-order valence-corrected chi connectivity index (χ4v) is 4.61. The molecule has 0 fully saturated rings. The fourth-order valence-electron chi connectivity index (χ4n) is 4.23. The van der Waals surface area contributed by atoms with Crippen LogP contribution in [0.4, 0.5) is 5.69 Å². The number of aromatic nitrogens is 2. The molecule has 10 heteroatoms. The Morgan fingerprint density at radius 2 is 1.77 bits per heavy atom. The van der Waals surface area contributed by atoms with Crippen LogP contribution in [0.15, 0.2) is 116 Å². The monoisotopic (exact) mass is 594 g/mol. The van der Waals surface area contributed by atoms with E-state index in [9.17, 15) is 14.9 Å². The molecule has 0 aliphatic carbocycles. The van der Waals surface area contributed by atoms with Crippen LogP contribution in [0.2, 0.25) is 0 Å². The standard InChI is InChI=1S/C30H19BrN4O5/c31-22-11-14-27-21(15-22)16-28(40-27)29-33-25-7-3-2-6-24(25)30(36)34(29)32-17-20-5-1-4-8-26(20)39-18-19-9-12-23(13-10-19)35(37)38/h1-17H,18H2. The van der Waals surface area contributed by atoms with Gasteiger partial charge in [0, 0.05) is 27.6 Å². The van der Waals surface area contributed by atoms with Crippen molar-refractivity contribution in [2.45, 2.75) is 6.61 Å². The number of fused-ring (bicyclic) bond motifs is 2. The molecule has 40 heavy (non-hydrogen) atoms. The molecule has 0 bridgehead atoms. The second kappa shape index (κ2) is 10.6. The zero-order valence-corrected chi connectivity index (χ0v) is 22.3. The zero-order valence-electron chi connectivity index (χ0n) is 20.7. The van der Waals surface area contributed by atoms with Crippen LogP contribution in [0.1, 0.15) is 11.1 Å². The Balaban J connectivity index is 1.38. The average molecular weight is 595 g/mol. The first-order chi connectivity index (χ1) is 19.5. The first kappa shape index (κ1) is 25.2. The number of rotatable bonds is 7. The normalized spacial score (nSPS) is 11.4. The first-order valence-corrected chi connectivity index (χ1v) is 13.0.